The molecule has 0 aliphatic carbocycles. The first kappa shape index (κ1) is 19.6. The molecule has 2 aliphatic heterocycles. The highest BCUT2D eigenvalue weighted by Crippen LogP contribution is 2.46. The minimum Gasteiger partial charge on any atom is -0.489 e. The zero-order valence-corrected chi connectivity index (χ0v) is 17.3. The maximum atomic E-state index is 12.5. The number of aromatic carboxylic acids is 1. The van der Waals surface area contributed by atoms with Gasteiger partial charge in [-0.25, -0.2) is 4.79 Å². The summed E-state index contributed by atoms with van der Waals surface area (Å²) in [7, 11) is 0. The van der Waals surface area contributed by atoms with Gasteiger partial charge in [0.25, 0.3) is 0 Å². The van der Waals surface area contributed by atoms with Gasteiger partial charge in [-0.3, -0.25) is 4.79 Å². The molecule has 6 heteroatoms. The van der Waals surface area contributed by atoms with Crippen LogP contribution in [0.2, 0.25) is 0 Å². The van der Waals surface area contributed by atoms with E-state index in [0.717, 1.165) is 35.4 Å². The fourth-order valence-electron chi connectivity index (χ4n) is 4.15. The van der Waals surface area contributed by atoms with Gasteiger partial charge in [-0.15, -0.1) is 0 Å². The second-order valence-electron chi connectivity index (χ2n) is 9.09. The Morgan fingerprint density at radius 2 is 1.83 bits per heavy atom. The molecule has 4 rings (SSSR count). The van der Waals surface area contributed by atoms with Gasteiger partial charge in [0.1, 0.15) is 5.56 Å². The largest absolute Gasteiger partial charge is 0.489 e. The number of rotatable bonds is 2. The van der Waals surface area contributed by atoms with Gasteiger partial charge in [-0.2, -0.15) is 0 Å². The molecule has 0 radical (unpaired) electrons. The van der Waals surface area contributed by atoms with Gasteiger partial charge < -0.3 is 19.1 Å². The number of hydrogen-bond donors (Lipinski definition) is 1. The summed E-state index contributed by atoms with van der Waals surface area (Å²) in [4.78, 5) is 24.0. The lowest BCUT2D eigenvalue weighted by Crippen LogP contribution is -2.32. The number of carboxylic acid groups (broad SMARTS) is 1. The summed E-state index contributed by atoms with van der Waals surface area (Å²) < 4.78 is 14.0. The molecule has 0 saturated heterocycles. The highest BCUT2D eigenvalue weighted by Gasteiger charge is 2.34. The molecule has 0 amide bonds. The molecule has 6 nitrogen and oxygen atoms in total. The predicted molar refractivity (Wildman–Crippen MR) is 110 cm³/mol. The molecular formula is C23H27NO5. The lowest BCUT2D eigenvalue weighted by molar-refractivity contribution is 0.0693. The van der Waals surface area contributed by atoms with Gasteiger partial charge in [0.2, 0.25) is 0 Å². The zero-order chi connectivity index (χ0) is 20.9. The van der Waals surface area contributed by atoms with Gasteiger partial charge in [0.05, 0.1) is 18.9 Å². The molecule has 0 spiro atoms. The molecule has 29 heavy (non-hydrogen) atoms. The average Bonchev–Trinajstić information content (AvgIpc) is 2.86. The van der Waals surface area contributed by atoms with E-state index in [4.69, 9.17) is 9.47 Å². The SMILES string of the molecule is CCC1COc2cc3c(cc2OC1)-c1cc(=O)c(C(=O)O)cn1C(C(C)(C)C)C3. The summed E-state index contributed by atoms with van der Waals surface area (Å²) in [6.45, 7) is 9.72. The standard InChI is InChI=1S/C23H27NO5/c1-5-13-11-28-19-6-14-7-21(23(2,3)4)24-10-16(22(26)27)18(25)9-17(24)15(14)8-20(19)29-12-13/h6,8-10,13,21H,5,7,11-12H2,1-4H3,(H,26,27). The van der Waals surface area contributed by atoms with E-state index >= 15 is 0 Å². The Balaban J connectivity index is 1.90. The number of fused-ring (bicyclic) bond motifs is 4. The molecular weight excluding hydrogens is 370 g/mol. The highest BCUT2D eigenvalue weighted by molar-refractivity contribution is 5.88. The Bertz CT molecular complexity index is 1030. The fourth-order valence-corrected chi connectivity index (χ4v) is 4.15. The van der Waals surface area contributed by atoms with Crippen molar-refractivity contribution < 1.29 is 19.4 Å². The smallest absolute Gasteiger partial charge is 0.341 e. The van der Waals surface area contributed by atoms with E-state index in [9.17, 15) is 14.7 Å². The third kappa shape index (κ3) is 3.41. The minimum absolute atomic E-state index is 0.0110. The van der Waals surface area contributed by atoms with E-state index in [1.165, 1.54) is 12.3 Å². The van der Waals surface area contributed by atoms with Crippen molar-refractivity contribution in [3.8, 4) is 22.8 Å². The van der Waals surface area contributed by atoms with Crippen molar-refractivity contribution >= 4 is 5.97 Å². The topological polar surface area (TPSA) is 77.8 Å². The van der Waals surface area contributed by atoms with Gasteiger partial charge >= 0.3 is 5.97 Å². The quantitative estimate of drug-likeness (QED) is 0.824. The zero-order valence-electron chi connectivity index (χ0n) is 17.3. The maximum Gasteiger partial charge on any atom is 0.341 e. The summed E-state index contributed by atoms with van der Waals surface area (Å²) in [5, 5.41) is 9.44. The number of carboxylic acids is 1. The number of nitrogens with zero attached hydrogens (tertiary/aromatic N) is 1. The average molecular weight is 397 g/mol. The first-order chi connectivity index (χ1) is 13.7. The second kappa shape index (κ2) is 6.94. The van der Waals surface area contributed by atoms with Crippen molar-refractivity contribution in [2.45, 2.75) is 46.6 Å². The minimum atomic E-state index is -1.20. The van der Waals surface area contributed by atoms with Crippen LogP contribution < -0.4 is 14.9 Å². The number of hydrogen-bond acceptors (Lipinski definition) is 4. The molecule has 1 aromatic carbocycles. The molecule has 3 heterocycles. The van der Waals surface area contributed by atoms with Gasteiger partial charge in [0.15, 0.2) is 16.9 Å². The molecule has 2 aromatic rings. The van der Waals surface area contributed by atoms with Crippen LogP contribution in [0.15, 0.2) is 29.2 Å². The van der Waals surface area contributed by atoms with Crippen molar-refractivity contribution in [1.29, 1.82) is 0 Å². The van der Waals surface area contributed by atoms with E-state index in [1.54, 1.807) is 0 Å². The van der Waals surface area contributed by atoms with Crippen LogP contribution >= 0.6 is 0 Å². The Hall–Kier alpha value is -2.76. The van der Waals surface area contributed by atoms with Crippen molar-refractivity contribution in [2.75, 3.05) is 13.2 Å². The van der Waals surface area contributed by atoms with Crippen LogP contribution in [0, 0.1) is 11.3 Å². The summed E-state index contributed by atoms with van der Waals surface area (Å²) >= 11 is 0. The van der Waals surface area contributed by atoms with E-state index in [0.29, 0.717) is 24.9 Å². The summed E-state index contributed by atoms with van der Waals surface area (Å²) in [6.07, 6.45) is 3.20. The van der Waals surface area contributed by atoms with E-state index in [1.807, 2.05) is 16.7 Å². The Labute approximate surface area is 170 Å². The Morgan fingerprint density at radius 3 is 2.41 bits per heavy atom. The predicted octanol–water partition coefficient (Wildman–Crippen LogP) is 4.15. The third-order valence-electron chi connectivity index (χ3n) is 6.03. The molecule has 154 valence electrons. The van der Waals surface area contributed by atoms with E-state index in [2.05, 4.69) is 27.7 Å². The Kier molecular flexibility index (Phi) is 4.68. The molecule has 0 bridgehead atoms. The van der Waals surface area contributed by atoms with Crippen LogP contribution in [-0.4, -0.2) is 28.9 Å². The second-order valence-corrected chi connectivity index (χ2v) is 9.09. The van der Waals surface area contributed by atoms with Crippen molar-refractivity contribution in [3.63, 3.8) is 0 Å². The monoisotopic (exact) mass is 397 g/mol. The van der Waals surface area contributed by atoms with Crippen LogP contribution in [0.5, 0.6) is 11.5 Å². The first-order valence-corrected chi connectivity index (χ1v) is 10.1. The molecule has 2 atom stereocenters. The van der Waals surface area contributed by atoms with E-state index in [-0.39, 0.29) is 17.0 Å². The molecule has 1 aromatic heterocycles. The van der Waals surface area contributed by atoms with Gasteiger partial charge in [-0.05, 0) is 36.0 Å². The van der Waals surface area contributed by atoms with Crippen molar-refractivity contribution in [2.24, 2.45) is 11.3 Å². The normalized spacial score (nSPS) is 20.4. The first-order valence-electron chi connectivity index (χ1n) is 10.1. The van der Waals surface area contributed by atoms with Crippen LogP contribution in [0.1, 0.15) is 56.1 Å². The number of benzene rings is 1. The van der Waals surface area contributed by atoms with Crippen molar-refractivity contribution in [3.05, 3.63) is 45.7 Å². The van der Waals surface area contributed by atoms with Gasteiger partial charge in [-0.1, -0.05) is 27.7 Å². The molecule has 0 saturated carbocycles. The molecule has 2 unspecified atom stereocenters. The van der Waals surface area contributed by atoms with Crippen molar-refractivity contribution in [1.82, 2.24) is 4.57 Å². The fraction of sp³-hybridized carbons (Fsp3) is 0.478. The van der Waals surface area contributed by atoms with Crippen LogP contribution in [0.3, 0.4) is 0 Å². The van der Waals surface area contributed by atoms with Gasteiger partial charge in [0, 0.05) is 29.8 Å². The molecule has 1 N–H and O–H groups in total. The number of carbonyl (C=O) groups is 1. The van der Waals surface area contributed by atoms with Crippen LogP contribution in [-0.2, 0) is 6.42 Å². The summed E-state index contributed by atoms with van der Waals surface area (Å²) in [5.41, 5.74) is 1.90. The summed E-state index contributed by atoms with van der Waals surface area (Å²) in [6, 6.07) is 5.42. The summed E-state index contributed by atoms with van der Waals surface area (Å²) in [5.74, 6) is 0.559. The number of pyridine rings is 1. The molecule has 0 fully saturated rings. The third-order valence-corrected chi connectivity index (χ3v) is 6.03. The number of ether oxygens (including phenoxy) is 2. The highest BCUT2D eigenvalue weighted by atomic mass is 16.5. The molecule has 2 aliphatic rings. The lowest BCUT2D eigenvalue weighted by atomic mass is 9.78. The van der Waals surface area contributed by atoms with Crippen LogP contribution in [0.25, 0.3) is 11.3 Å². The lowest BCUT2D eigenvalue weighted by Gasteiger charge is -2.39. The van der Waals surface area contributed by atoms with Crippen LogP contribution in [0.4, 0.5) is 0 Å². The number of aromatic nitrogens is 1. The van der Waals surface area contributed by atoms with E-state index < -0.39 is 11.4 Å². The maximum absolute atomic E-state index is 12.5. The Morgan fingerprint density at radius 1 is 1.17 bits per heavy atom.